The molecule has 1 aliphatic rings. The van der Waals surface area contributed by atoms with E-state index in [9.17, 15) is 4.79 Å². The zero-order valence-electron chi connectivity index (χ0n) is 11.2. The molecule has 0 aromatic rings. The number of rotatable bonds is 5. The van der Waals surface area contributed by atoms with Gasteiger partial charge in [0.05, 0.1) is 0 Å². The second-order valence-electron chi connectivity index (χ2n) is 4.37. The van der Waals surface area contributed by atoms with Crippen molar-refractivity contribution in [2.45, 2.75) is 33.1 Å². The molecule has 1 aliphatic heterocycles. The number of amidine groups is 2. The molecule has 2 N–H and O–H groups in total. The predicted octanol–water partition coefficient (Wildman–Crippen LogP) is -1.00. The average Bonchev–Trinajstić information content (AvgIpc) is 2.23. The van der Waals surface area contributed by atoms with E-state index in [4.69, 9.17) is 18.0 Å². The van der Waals surface area contributed by atoms with E-state index in [0.717, 1.165) is 12.8 Å². The Kier molecular flexibility index (Phi) is 7.29. The molecule has 0 spiro atoms. The zero-order chi connectivity index (χ0) is 13.1. The standard InChI is InChI=1S/C12H19N3OS.Na/c1-4-6-8(3)12(7-5-2)9(13)14-11(17)15-10(12)16;/h5,8H,2,4,6-7H2,1,3H3,(H3,13,14,15,16,17);/q;+1/p-1. The molecule has 1 heterocycles. The SMILES string of the molecule is C=CCC1(C(C)CCC)C(=N)N=C([S-])NC1=O.[Na+]. The van der Waals surface area contributed by atoms with Gasteiger partial charge in [-0.2, -0.15) is 0 Å². The Morgan fingerprint density at radius 3 is 2.72 bits per heavy atom. The van der Waals surface area contributed by atoms with Crippen molar-refractivity contribution in [1.29, 1.82) is 5.41 Å². The Bertz CT molecular complexity index is 384. The maximum Gasteiger partial charge on any atom is 1.00 e. The summed E-state index contributed by atoms with van der Waals surface area (Å²) in [5.41, 5.74) is -0.903. The Morgan fingerprint density at radius 1 is 1.67 bits per heavy atom. The summed E-state index contributed by atoms with van der Waals surface area (Å²) in [6.45, 7) is 7.72. The number of allylic oxidation sites excluding steroid dienone is 1. The summed E-state index contributed by atoms with van der Waals surface area (Å²) in [4.78, 5) is 16.1. The molecule has 0 aliphatic carbocycles. The first-order valence-corrected chi connectivity index (χ1v) is 6.17. The van der Waals surface area contributed by atoms with Crippen molar-refractivity contribution in [2.75, 3.05) is 0 Å². The molecule has 2 unspecified atom stereocenters. The van der Waals surface area contributed by atoms with Gasteiger partial charge >= 0.3 is 29.6 Å². The van der Waals surface area contributed by atoms with Gasteiger partial charge in [0.1, 0.15) is 11.3 Å². The molecule has 1 rings (SSSR count). The summed E-state index contributed by atoms with van der Waals surface area (Å²) < 4.78 is 0. The first-order chi connectivity index (χ1) is 7.98. The topological polar surface area (TPSA) is 65.3 Å². The molecule has 94 valence electrons. The number of carbonyl (C=O) groups is 1. The summed E-state index contributed by atoms with van der Waals surface area (Å²) in [7, 11) is 0. The molecule has 1 amide bonds. The van der Waals surface area contributed by atoms with Crippen LogP contribution in [0.25, 0.3) is 0 Å². The van der Waals surface area contributed by atoms with Crippen LogP contribution < -0.4 is 34.9 Å². The fourth-order valence-corrected chi connectivity index (χ4v) is 2.48. The second-order valence-corrected chi connectivity index (χ2v) is 4.76. The molecule has 2 atom stereocenters. The van der Waals surface area contributed by atoms with E-state index in [-0.39, 0.29) is 52.4 Å². The molecule has 0 radical (unpaired) electrons. The molecule has 0 saturated heterocycles. The molecule has 0 aromatic carbocycles. The van der Waals surface area contributed by atoms with E-state index >= 15 is 0 Å². The van der Waals surface area contributed by atoms with Crippen molar-refractivity contribution in [2.24, 2.45) is 16.3 Å². The fourth-order valence-electron chi connectivity index (χ4n) is 2.30. The van der Waals surface area contributed by atoms with Gasteiger partial charge in [-0.05, 0) is 23.9 Å². The normalized spacial score (nSPS) is 24.7. The summed E-state index contributed by atoms with van der Waals surface area (Å²) in [5, 5.41) is 10.7. The van der Waals surface area contributed by atoms with Gasteiger partial charge in [-0.25, -0.2) is 4.99 Å². The van der Waals surface area contributed by atoms with Crippen molar-refractivity contribution in [1.82, 2.24) is 5.32 Å². The summed E-state index contributed by atoms with van der Waals surface area (Å²) in [5.74, 6) is -0.111. The Hall–Kier alpha value is -0.230. The number of hydrogen-bond donors (Lipinski definition) is 2. The Balaban J connectivity index is 0.00000289. The van der Waals surface area contributed by atoms with Crippen LogP contribution in [0.3, 0.4) is 0 Å². The van der Waals surface area contributed by atoms with Crippen molar-refractivity contribution in [3.05, 3.63) is 12.7 Å². The fraction of sp³-hybridized carbons (Fsp3) is 0.583. The molecule has 0 aromatic heterocycles. The minimum Gasteiger partial charge on any atom is -0.742 e. The Morgan fingerprint density at radius 2 is 2.28 bits per heavy atom. The van der Waals surface area contributed by atoms with Gasteiger partial charge in [0.2, 0.25) is 5.91 Å². The summed E-state index contributed by atoms with van der Waals surface area (Å²) in [6.07, 6.45) is 3.92. The number of amides is 1. The van der Waals surface area contributed by atoms with Crippen LogP contribution in [0, 0.1) is 16.7 Å². The monoisotopic (exact) mass is 275 g/mol. The first-order valence-electron chi connectivity index (χ1n) is 5.76. The Labute approximate surface area is 136 Å². The van der Waals surface area contributed by atoms with Crippen LogP contribution in [0.1, 0.15) is 33.1 Å². The predicted molar refractivity (Wildman–Crippen MR) is 72.0 cm³/mol. The molecule has 6 heteroatoms. The number of hydrogen-bond acceptors (Lipinski definition) is 3. The number of aliphatic imine (C=N–C) groups is 1. The van der Waals surface area contributed by atoms with Crippen molar-refractivity contribution >= 4 is 29.5 Å². The molecule has 0 fully saturated rings. The van der Waals surface area contributed by atoms with E-state index in [1.54, 1.807) is 6.08 Å². The average molecular weight is 275 g/mol. The van der Waals surface area contributed by atoms with E-state index in [2.05, 4.69) is 23.8 Å². The van der Waals surface area contributed by atoms with Crippen LogP contribution in [0.4, 0.5) is 0 Å². The minimum absolute atomic E-state index is 0. The molecular weight excluding hydrogens is 257 g/mol. The summed E-state index contributed by atoms with van der Waals surface area (Å²) >= 11 is 4.83. The van der Waals surface area contributed by atoms with Gasteiger partial charge in [-0.3, -0.25) is 10.2 Å². The van der Waals surface area contributed by atoms with Crippen LogP contribution in [0.2, 0.25) is 0 Å². The largest absolute Gasteiger partial charge is 1.00 e. The van der Waals surface area contributed by atoms with E-state index in [0.29, 0.717) is 6.42 Å². The second kappa shape index (κ2) is 7.38. The molecule has 4 nitrogen and oxygen atoms in total. The van der Waals surface area contributed by atoms with Crippen LogP contribution in [-0.2, 0) is 17.4 Å². The first kappa shape index (κ1) is 17.8. The van der Waals surface area contributed by atoms with Gasteiger partial charge in [0.15, 0.2) is 0 Å². The third kappa shape index (κ3) is 3.20. The van der Waals surface area contributed by atoms with E-state index < -0.39 is 5.41 Å². The van der Waals surface area contributed by atoms with Gasteiger partial charge in [-0.1, -0.05) is 26.3 Å². The third-order valence-corrected chi connectivity index (χ3v) is 3.48. The van der Waals surface area contributed by atoms with Crippen LogP contribution in [0.5, 0.6) is 0 Å². The maximum absolute atomic E-state index is 12.2. The van der Waals surface area contributed by atoms with Crippen molar-refractivity contribution < 1.29 is 34.4 Å². The quantitative estimate of drug-likeness (QED) is 0.384. The number of nitrogens with zero attached hydrogens (tertiary/aromatic N) is 1. The van der Waals surface area contributed by atoms with E-state index in [1.165, 1.54) is 0 Å². The number of carbonyl (C=O) groups excluding carboxylic acids is 1. The van der Waals surface area contributed by atoms with Gasteiger partial charge in [0, 0.05) is 0 Å². The van der Waals surface area contributed by atoms with Gasteiger partial charge < -0.3 is 17.9 Å². The summed E-state index contributed by atoms with van der Waals surface area (Å²) in [6, 6.07) is 0. The van der Waals surface area contributed by atoms with Gasteiger partial charge in [-0.15, -0.1) is 6.58 Å². The molecule has 0 saturated carbocycles. The molecular formula is C12H18N3NaOS. The van der Waals surface area contributed by atoms with Crippen molar-refractivity contribution in [3.63, 3.8) is 0 Å². The van der Waals surface area contributed by atoms with Crippen LogP contribution in [0.15, 0.2) is 17.6 Å². The zero-order valence-corrected chi connectivity index (χ0v) is 14.1. The molecule has 18 heavy (non-hydrogen) atoms. The van der Waals surface area contributed by atoms with Crippen LogP contribution >= 0.6 is 0 Å². The minimum atomic E-state index is -0.903. The third-order valence-electron chi connectivity index (χ3n) is 3.29. The number of nitrogens with one attached hydrogen (secondary N) is 2. The van der Waals surface area contributed by atoms with Crippen molar-refractivity contribution in [3.8, 4) is 0 Å². The van der Waals surface area contributed by atoms with Gasteiger partial charge in [0.25, 0.3) is 0 Å². The van der Waals surface area contributed by atoms with Crippen LogP contribution in [-0.4, -0.2) is 16.9 Å². The van der Waals surface area contributed by atoms with E-state index in [1.807, 2.05) is 6.92 Å². The maximum atomic E-state index is 12.2. The molecule has 0 bridgehead atoms. The smallest absolute Gasteiger partial charge is 0.742 e.